The molecule has 5 heteroatoms. The van der Waals surface area contributed by atoms with Gasteiger partial charge in [0.15, 0.2) is 0 Å². The van der Waals surface area contributed by atoms with Crippen LogP contribution in [0.25, 0.3) is 10.9 Å². The van der Waals surface area contributed by atoms with Crippen LogP contribution in [-0.2, 0) is 0 Å². The van der Waals surface area contributed by atoms with E-state index in [9.17, 15) is 5.11 Å². The van der Waals surface area contributed by atoms with Crippen molar-refractivity contribution in [2.75, 3.05) is 17.6 Å². The maximum Gasteiger partial charge on any atom is 0.137 e. The van der Waals surface area contributed by atoms with Gasteiger partial charge in [-0.2, -0.15) is 0 Å². The summed E-state index contributed by atoms with van der Waals surface area (Å²) in [5, 5.41) is 14.1. The summed E-state index contributed by atoms with van der Waals surface area (Å²) in [6.07, 6.45) is 1.82. The van der Waals surface area contributed by atoms with E-state index in [4.69, 9.17) is 5.73 Å². The van der Waals surface area contributed by atoms with Crippen LogP contribution in [0.15, 0.2) is 24.5 Å². The molecule has 1 heterocycles. The molecule has 0 bridgehead atoms. The second-order valence-corrected chi connectivity index (χ2v) is 6.30. The highest BCUT2D eigenvalue weighted by Crippen LogP contribution is 2.23. The molecule has 0 amide bonds. The molecule has 0 aliphatic rings. The number of nitrogens with zero attached hydrogens (tertiary/aromatic N) is 2. The molecule has 5 nitrogen and oxygen atoms in total. The summed E-state index contributed by atoms with van der Waals surface area (Å²) < 4.78 is 0. The molecule has 0 saturated heterocycles. The van der Waals surface area contributed by atoms with Crippen molar-refractivity contribution in [1.82, 2.24) is 9.97 Å². The molecule has 2 rings (SSSR count). The van der Waals surface area contributed by atoms with Crippen LogP contribution in [0.2, 0.25) is 0 Å². The van der Waals surface area contributed by atoms with Gasteiger partial charge >= 0.3 is 0 Å². The Morgan fingerprint density at radius 3 is 2.75 bits per heavy atom. The maximum atomic E-state index is 10.0. The summed E-state index contributed by atoms with van der Waals surface area (Å²) in [6, 6.07) is 5.52. The van der Waals surface area contributed by atoms with Gasteiger partial charge in [0.05, 0.1) is 11.6 Å². The average Bonchev–Trinajstić information content (AvgIpc) is 2.34. The number of anilines is 2. The fraction of sp³-hybridized carbons (Fsp3) is 0.467. The third-order valence-electron chi connectivity index (χ3n) is 3.01. The lowest BCUT2D eigenvalue weighted by molar-refractivity contribution is 0.132. The van der Waals surface area contributed by atoms with Crippen LogP contribution in [0.4, 0.5) is 11.5 Å². The number of nitrogens with one attached hydrogen (secondary N) is 1. The molecule has 0 aliphatic heterocycles. The summed E-state index contributed by atoms with van der Waals surface area (Å²) in [7, 11) is 0. The number of hydrogen-bond donors (Lipinski definition) is 3. The number of aromatic nitrogens is 2. The van der Waals surface area contributed by atoms with E-state index in [1.807, 2.05) is 18.2 Å². The largest absolute Gasteiger partial charge is 0.399 e. The van der Waals surface area contributed by atoms with Gasteiger partial charge in [0, 0.05) is 17.6 Å². The van der Waals surface area contributed by atoms with E-state index in [1.54, 1.807) is 0 Å². The van der Waals surface area contributed by atoms with Gasteiger partial charge in [-0.25, -0.2) is 9.97 Å². The quantitative estimate of drug-likeness (QED) is 0.746. The standard InChI is InChI=1S/C15H22N4O/c1-15(2,3)7-11(20)8-17-14-12-6-10(16)4-5-13(12)18-9-19-14/h4-6,9,11,20H,7-8,16H2,1-3H3,(H,17,18,19). The molecule has 1 aromatic carbocycles. The SMILES string of the molecule is CC(C)(C)CC(O)CNc1ncnc2ccc(N)cc12. The van der Waals surface area contributed by atoms with Gasteiger partial charge in [-0.1, -0.05) is 20.8 Å². The van der Waals surface area contributed by atoms with Gasteiger partial charge in [-0.05, 0) is 30.0 Å². The number of fused-ring (bicyclic) bond motifs is 1. The van der Waals surface area contributed by atoms with E-state index >= 15 is 0 Å². The van der Waals surface area contributed by atoms with E-state index in [1.165, 1.54) is 6.33 Å². The summed E-state index contributed by atoms with van der Waals surface area (Å²) in [5.74, 6) is 0.704. The number of nitrogens with two attached hydrogens (primary N) is 1. The van der Waals surface area contributed by atoms with Crippen LogP contribution in [0.3, 0.4) is 0 Å². The van der Waals surface area contributed by atoms with Crippen molar-refractivity contribution in [3.63, 3.8) is 0 Å². The zero-order valence-corrected chi connectivity index (χ0v) is 12.2. The fourth-order valence-corrected chi connectivity index (χ4v) is 2.21. The normalized spacial score (nSPS) is 13.4. The first-order valence-electron chi connectivity index (χ1n) is 6.77. The number of hydrogen-bond acceptors (Lipinski definition) is 5. The van der Waals surface area contributed by atoms with Crippen molar-refractivity contribution in [3.05, 3.63) is 24.5 Å². The highest BCUT2D eigenvalue weighted by Gasteiger charge is 2.16. The minimum Gasteiger partial charge on any atom is -0.399 e. The molecule has 0 radical (unpaired) electrons. The third kappa shape index (κ3) is 3.81. The smallest absolute Gasteiger partial charge is 0.137 e. The van der Waals surface area contributed by atoms with Crippen LogP contribution in [0.5, 0.6) is 0 Å². The lowest BCUT2D eigenvalue weighted by atomic mass is 9.89. The first-order chi connectivity index (χ1) is 9.35. The highest BCUT2D eigenvalue weighted by atomic mass is 16.3. The summed E-state index contributed by atoms with van der Waals surface area (Å²) >= 11 is 0. The van der Waals surface area contributed by atoms with Crippen LogP contribution < -0.4 is 11.1 Å². The Balaban J connectivity index is 2.12. The van der Waals surface area contributed by atoms with E-state index in [2.05, 4.69) is 36.1 Å². The molecule has 4 N–H and O–H groups in total. The molecule has 20 heavy (non-hydrogen) atoms. The number of aliphatic hydroxyl groups is 1. The zero-order valence-electron chi connectivity index (χ0n) is 12.2. The topological polar surface area (TPSA) is 84.1 Å². The highest BCUT2D eigenvalue weighted by molar-refractivity contribution is 5.91. The maximum absolute atomic E-state index is 10.0. The summed E-state index contributed by atoms with van der Waals surface area (Å²) in [5.41, 5.74) is 7.40. The summed E-state index contributed by atoms with van der Waals surface area (Å²) in [4.78, 5) is 8.43. The van der Waals surface area contributed by atoms with Crippen molar-refractivity contribution in [2.24, 2.45) is 5.41 Å². The Labute approximate surface area is 119 Å². The lowest BCUT2D eigenvalue weighted by Crippen LogP contribution is -2.25. The van der Waals surface area contributed by atoms with Gasteiger partial charge < -0.3 is 16.2 Å². The monoisotopic (exact) mass is 274 g/mol. The van der Waals surface area contributed by atoms with Crippen molar-refractivity contribution in [3.8, 4) is 0 Å². The molecule has 0 fully saturated rings. The van der Waals surface area contributed by atoms with Gasteiger partial charge in [0.2, 0.25) is 0 Å². The van der Waals surface area contributed by atoms with Crippen LogP contribution in [0.1, 0.15) is 27.2 Å². The number of aliphatic hydroxyl groups excluding tert-OH is 1. The molecule has 108 valence electrons. The van der Waals surface area contributed by atoms with Gasteiger partial charge in [0.25, 0.3) is 0 Å². The minimum absolute atomic E-state index is 0.0965. The Morgan fingerprint density at radius 1 is 1.30 bits per heavy atom. The van der Waals surface area contributed by atoms with E-state index < -0.39 is 6.10 Å². The molecule has 1 unspecified atom stereocenters. The van der Waals surface area contributed by atoms with Crippen molar-refractivity contribution >= 4 is 22.4 Å². The minimum atomic E-state index is -0.416. The van der Waals surface area contributed by atoms with E-state index in [0.29, 0.717) is 18.1 Å². The number of rotatable bonds is 4. The first kappa shape index (κ1) is 14.5. The van der Waals surface area contributed by atoms with Gasteiger partial charge in [-0.15, -0.1) is 0 Å². The van der Waals surface area contributed by atoms with E-state index in [0.717, 1.165) is 17.3 Å². The Morgan fingerprint density at radius 2 is 2.05 bits per heavy atom. The molecular weight excluding hydrogens is 252 g/mol. The fourth-order valence-electron chi connectivity index (χ4n) is 2.21. The molecule has 0 spiro atoms. The number of nitrogen functional groups attached to an aromatic ring is 1. The first-order valence-corrected chi connectivity index (χ1v) is 6.77. The molecule has 1 atom stereocenters. The molecular formula is C15H22N4O. The molecule has 1 aromatic heterocycles. The second kappa shape index (κ2) is 5.63. The molecule has 0 aliphatic carbocycles. The molecule has 0 saturated carbocycles. The second-order valence-electron chi connectivity index (χ2n) is 6.30. The predicted molar refractivity (Wildman–Crippen MR) is 82.5 cm³/mol. The Hall–Kier alpha value is -1.88. The van der Waals surface area contributed by atoms with Crippen molar-refractivity contribution in [2.45, 2.75) is 33.3 Å². The van der Waals surface area contributed by atoms with Crippen molar-refractivity contribution in [1.29, 1.82) is 0 Å². The lowest BCUT2D eigenvalue weighted by Gasteiger charge is -2.22. The average molecular weight is 274 g/mol. The van der Waals surface area contributed by atoms with Gasteiger partial charge in [-0.3, -0.25) is 0 Å². The Kier molecular flexibility index (Phi) is 4.09. The number of benzene rings is 1. The van der Waals surface area contributed by atoms with Gasteiger partial charge in [0.1, 0.15) is 12.1 Å². The van der Waals surface area contributed by atoms with Crippen LogP contribution in [0, 0.1) is 5.41 Å². The van der Waals surface area contributed by atoms with Crippen LogP contribution >= 0.6 is 0 Å². The van der Waals surface area contributed by atoms with Crippen molar-refractivity contribution < 1.29 is 5.11 Å². The van der Waals surface area contributed by atoms with E-state index in [-0.39, 0.29) is 5.41 Å². The third-order valence-corrected chi connectivity index (χ3v) is 3.01. The zero-order chi connectivity index (χ0) is 14.8. The Bertz CT molecular complexity index is 592. The molecule has 2 aromatic rings. The summed E-state index contributed by atoms with van der Waals surface area (Å²) in [6.45, 7) is 6.78. The van der Waals surface area contributed by atoms with Crippen LogP contribution in [-0.4, -0.2) is 27.7 Å². The predicted octanol–water partition coefficient (Wildman–Crippen LogP) is 2.42.